The highest BCUT2D eigenvalue weighted by atomic mass is 79.9. The van der Waals surface area contributed by atoms with Gasteiger partial charge in [-0.25, -0.2) is 0 Å². The molecule has 3 aromatic rings. The van der Waals surface area contributed by atoms with E-state index in [4.69, 9.17) is 4.74 Å². The molecule has 1 heterocycles. The molecular formula is C16H13BrN2O2S. The number of ether oxygens (including phenoxy) is 1. The Balaban J connectivity index is 2.03. The molecule has 0 saturated carbocycles. The van der Waals surface area contributed by atoms with Crippen LogP contribution in [0.15, 0.2) is 51.9 Å². The van der Waals surface area contributed by atoms with E-state index >= 15 is 0 Å². The number of aromatic nitrogens is 1. The number of methoxy groups -OCH3 is 1. The van der Waals surface area contributed by atoms with Crippen LogP contribution in [-0.2, 0) is 7.05 Å². The third-order valence-electron chi connectivity index (χ3n) is 3.31. The van der Waals surface area contributed by atoms with Crippen LogP contribution in [0.25, 0.3) is 10.2 Å². The fourth-order valence-corrected chi connectivity index (χ4v) is 3.67. The first kappa shape index (κ1) is 15.0. The third-order valence-corrected chi connectivity index (χ3v) is 4.89. The van der Waals surface area contributed by atoms with Crippen molar-refractivity contribution in [3.63, 3.8) is 0 Å². The van der Waals surface area contributed by atoms with Crippen LogP contribution in [0, 0.1) is 0 Å². The van der Waals surface area contributed by atoms with E-state index in [1.807, 2.05) is 29.8 Å². The highest BCUT2D eigenvalue weighted by Gasteiger charge is 2.07. The van der Waals surface area contributed by atoms with Crippen molar-refractivity contribution in [3.8, 4) is 5.75 Å². The number of fused-ring (bicyclic) bond motifs is 1. The number of rotatable bonds is 2. The topological polar surface area (TPSA) is 43.6 Å². The zero-order chi connectivity index (χ0) is 15.7. The molecule has 1 amide bonds. The van der Waals surface area contributed by atoms with E-state index in [1.54, 1.807) is 31.4 Å². The van der Waals surface area contributed by atoms with Crippen LogP contribution in [0.2, 0.25) is 0 Å². The van der Waals surface area contributed by atoms with E-state index in [-0.39, 0.29) is 5.91 Å². The quantitative estimate of drug-likeness (QED) is 0.683. The number of carbonyl (C=O) groups excluding carboxylic acids is 1. The Kier molecular flexibility index (Phi) is 4.13. The molecule has 4 nitrogen and oxygen atoms in total. The highest BCUT2D eigenvalue weighted by Crippen LogP contribution is 2.21. The number of benzene rings is 2. The van der Waals surface area contributed by atoms with E-state index < -0.39 is 0 Å². The third kappa shape index (κ3) is 2.84. The standard InChI is InChI=1S/C16H13BrN2O2S/c1-19-13-8-5-11(17)9-14(13)22-16(19)18-15(20)10-3-6-12(21-2)7-4-10/h3-9H,1-2H3. The van der Waals surface area contributed by atoms with Gasteiger partial charge in [0.1, 0.15) is 5.75 Å². The number of thiazole rings is 1. The van der Waals surface area contributed by atoms with E-state index in [2.05, 4.69) is 20.9 Å². The Morgan fingerprint density at radius 1 is 1.23 bits per heavy atom. The highest BCUT2D eigenvalue weighted by molar-refractivity contribution is 9.10. The first-order chi connectivity index (χ1) is 10.6. The van der Waals surface area contributed by atoms with Gasteiger partial charge in [-0.3, -0.25) is 4.79 Å². The molecule has 0 bridgehead atoms. The van der Waals surface area contributed by atoms with Gasteiger partial charge in [-0.2, -0.15) is 4.99 Å². The summed E-state index contributed by atoms with van der Waals surface area (Å²) in [4.78, 5) is 17.2. The summed E-state index contributed by atoms with van der Waals surface area (Å²) in [6, 6.07) is 13.0. The molecule has 1 aromatic heterocycles. The normalized spacial score (nSPS) is 11.9. The Morgan fingerprint density at radius 3 is 2.64 bits per heavy atom. The molecule has 0 unspecified atom stereocenters. The van der Waals surface area contributed by atoms with Gasteiger partial charge in [0.05, 0.1) is 17.3 Å². The number of nitrogens with zero attached hydrogens (tertiary/aromatic N) is 2. The van der Waals surface area contributed by atoms with Crippen molar-refractivity contribution in [2.45, 2.75) is 0 Å². The van der Waals surface area contributed by atoms with Gasteiger partial charge >= 0.3 is 0 Å². The lowest BCUT2D eigenvalue weighted by molar-refractivity contribution is 0.0998. The van der Waals surface area contributed by atoms with Crippen LogP contribution in [0.4, 0.5) is 0 Å². The molecule has 22 heavy (non-hydrogen) atoms. The summed E-state index contributed by atoms with van der Waals surface area (Å²) >= 11 is 4.94. The molecule has 0 radical (unpaired) electrons. The van der Waals surface area contributed by atoms with Crippen molar-refractivity contribution in [2.24, 2.45) is 12.0 Å². The zero-order valence-corrected chi connectivity index (χ0v) is 14.4. The molecule has 3 rings (SSSR count). The Labute approximate surface area is 139 Å². The van der Waals surface area contributed by atoms with Crippen LogP contribution in [0.3, 0.4) is 0 Å². The van der Waals surface area contributed by atoms with Crippen molar-refractivity contribution in [1.29, 1.82) is 0 Å². The molecule has 0 spiro atoms. The molecule has 0 aliphatic rings. The minimum absolute atomic E-state index is 0.260. The Bertz CT molecular complexity index is 910. The number of carbonyl (C=O) groups is 1. The van der Waals surface area contributed by atoms with Crippen LogP contribution < -0.4 is 9.54 Å². The van der Waals surface area contributed by atoms with Gasteiger partial charge in [-0.05, 0) is 42.5 Å². The summed E-state index contributed by atoms with van der Waals surface area (Å²) in [6.07, 6.45) is 0. The van der Waals surface area contributed by atoms with E-state index in [1.165, 1.54) is 11.3 Å². The number of halogens is 1. The summed E-state index contributed by atoms with van der Waals surface area (Å²) in [5, 5.41) is 0. The molecule has 2 aromatic carbocycles. The van der Waals surface area contributed by atoms with Gasteiger partial charge in [0, 0.05) is 17.1 Å². The number of aryl methyl sites for hydroxylation is 1. The Hall–Kier alpha value is -1.92. The molecule has 0 aliphatic carbocycles. The maximum absolute atomic E-state index is 12.3. The minimum atomic E-state index is -0.260. The first-order valence-corrected chi connectivity index (χ1v) is 8.17. The lowest BCUT2D eigenvalue weighted by atomic mass is 10.2. The Morgan fingerprint density at radius 2 is 1.95 bits per heavy atom. The van der Waals surface area contributed by atoms with Gasteiger partial charge in [0.25, 0.3) is 5.91 Å². The maximum atomic E-state index is 12.3. The first-order valence-electron chi connectivity index (χ1n) is 6.56. The maximum Gasteiger partial charge on any atom is 0.279 e. The average Bonchev–Trinajstić information content (AvgIpc) is 2.82. The van der Waals surface area contributed by atoms with Crippen molar-refractivity contribution in [3.05, 3.63) is 57.3 Å². The van der Waals surface area contributed by atoms with E-state index in [0.717, 1.165) is 14.7 Å². The zero-order valence-electron chi connectivity index (χ0n) is 12.0. The summed E-state index contributed by atoms with van der Waals surface area (Å²) in [6.45, 7) is 0. The second-order valence-electron chi connectivity index (χ2n) is 4.70. The second-order valence-corrected chi connectivity index (χ2v) is 6.63. The van der Waals surface area contributed by atoms with Gasteiger partial charge in [-0.15, -0.1) is 0 Å². The molecule has 0 N–H and O–H groups in total. The summed E-state index contributed by atoms with van der Waals surface area (Å²) in [7, 11) is 3.50. The summed E-state index contributed by atoms with van der Waals surface area (Å²) < 4.78 is 9.10. The van der Waals surface area contributed by atoms with E-state index in [9.17, 15) is 4.79 Å². The van der Waals surface area contributed by atoms with Crippen molar-refractivity contribution < 1.29 is 9.53 Å². The lowest BCUT2D eigenvalue weighted by Gasteiger charge is -1.99. The van der Waals surface area contributed by atoms with Crippen molar-refractivity contribution in [2.75, 3.05) is 7.11 Å². The van der Waals surface area contributed by atoms with E-state index in [0.29, 0.717) is 16.1 Å². The number of hydrogen-bond donors (Lipinski definition) is 0. The number of hydrogen-bond acceptors (Lipinski definition) is 3. The largest absolute Gasteiger partial charge is 0.497 e. The van der Waals surface area contributed by atoms with Gasteiger partial charge < -0.3 is 9.30 Å². The molecule has 0 aliphatic heterocycles. The smallest absolute Gasteiger partial charge is 0.279 e. The van der Waals surface area contributed by atoms with Gasteiger partial charge in [0.2, 0.25) is 0 Å². The van der Waals surface area contributed by atoms with Crippen LogP contribution in [-0.4, -0.2) is 17.6 Å². The van der Waals surface area contributed by atoms with Crippen molar-refractivity contribution in [1.82, 2.24) is 4.57 Å². The summed E-state index contributed by atoms with van der Waals surface area (Å²) in [5.74, 6) is 0.456. The molecular weight excluding hydrogens is 364 g/mol. The second kappa shape index (κ2) is 6.06. The van der Waals surface area contributed by atoms with Gasteiger partial charge in [-0.1, -0.05) is 27.3 Å². The molecule has 112 valence electrons. The number of amides is 1. The van der Waals surface area contributed by atoms with Crippen LogP contribution in [0.5, 0.6) is 5.75 Å². The molecule has 0 fully saturated rings. The van der Waals surface area contributed by atoms with Crippen molar-refractivity contribution >= 4 is 43.4 Å². The van der Waals surface area contributed by atoms with Gasteiger partial charge in [0.15, 0.2) is 4.80 Å². The minimum Gasteiger partial charge on any atom is -0.497 e. The molecule has 0 saturated heterocycles. The fraction of sp³-hybridized carbons (Fsp3) is 0.125. The SMILES string of the molecule is COc1ccc(C(=O)N=c2sc3cc(Br)ccc3n2C)cc1. The predicted octanol–water partition coefficient (Wildman–Crippen LogP) is 3.75. The predicted molar refractivity (Wildman–Crippen MR) is 91.4 cm³/mol. The lowest BCUT2D eigenvalue weighted by Crippen LogP contribution is -2.13. The molecule has 6 heteroatoms. The average molecular weight is 377 g/mol. The summed E-state index contributed by atoms with van der Waals surface area (Å²) in [5.41, 5.74) is 1.59. The fourth-order valence-electron chi connectivity index (χ4n) is 2.10. The molecule has 0 atom stereocenters. The van der Waals surface area contributed by atoms with Crippen LogP contribution >= 0.6 is 27.3 Å². The monoisotopic (exact) mass is 376 g/mol. The van der Waals surface area contributed by atoms with Crippen LogP contribution in [0.1, 0.15) is 10.4 Å².